The summed E-state index contributed by atoms with van der Waals surface area (Å²) in [7, 11) is -3.98. The Morgan fingerprint density at radius 1 is 1.04 bits per heavy atom. The highest BCUT2D eigenvalue weighted by Gasteiger charge is 2.62. The maximum Gasteiger partial charge on any atom is 0.427 e. The third kappa shape index (κ3) is 9.07. The van der Waals surface area contributed by atoms with Gasteiger partial charge in [0.25, 0.3) is 5.91 Å². The van der Waals surface area contributed by atoms with Crippen LogP contribution in [0, 0.1) is 17.8 Å². The zero-order chi connectivity index (χ0) is 41.5. The molecule has 0 radical (unpaired) electrons. The number of carbonyl (C=O) groups excluding carboxylic acids is 4. The lowest BCUT2D eigenvalue weighted by Crippen LogP contribution is -2.59. The van der Waals surface area contributed by atoms with E-state index in [1.54, 1.807) is 44.2 Å². The van der Waals surface area contributed by atoms with Crippen molar-refractivity contribution < 1.29 is 55.0 Å². The van der Waals surface area contributed by atoms with E-state index in [0.29, 0.717) is 63.3 Å². The molecule has 3 N–H and O–H groups in total. The normalized spacial score (nSPS) is 28.6. The lowest BCUT2D eigenvalue weighted by Gasteiger charge is -2.34. The summed E-state index contributed by atoms with van der Waals surface area (Å²) in [5.74, 6) is -3.35. The number of benzene rings is 1. The summed E-state index contributed by atoms with van der Waals surface area (Å²) in [5.41, 5.74) is -4.52. The molecule has 3 heterocycles. The van der Waals surface area contributed by atoms with E-state index in [9.17, 15) is 40.8 Å². The van der Waals surface area contributed by atoms with Crippen molar-refractivity contribution in [2.24, 2.45) is 17.8 Å². The largest absolute Gasteiger partial charge is 0.476 e. The van der Waals surface area contributed by atoms with Gasteiger partial charge in [-0.15, -0.1) is 10.2 Å². The van der Waals surface area contributed by atoms with Gasteiger partial charge in [0, 0.05) is 12.3 Å². The van der Waals surface area contributed by atoms with Crippen LogP contribution in [0.1, 0.15) is 79.6 Å². The molecule has 57 heavy (non-hydrogen) atoms. The molecule has 2 aromatic rings. The molecule has 1 saturated heterocycles. The second kappa shape index (κ2) is 15.9. The summed E-state index contributed by atoms with van der Waals surface area (Å²) >= 11 is 0. The number of fused-ring (bicyclic) bond motifs is 3. The molecule has 19 heteroatoms. The summed E-state index contributed by atoms with van der Waals surface area (Å²) in [4.78, 5) is 57.2. The summed E-state index contributed by atoms with van der Waals surface area (Å²) in [5, 5.41) is 14.0. The number of nitrogens with zero attached hydrogens (tertiary/aromatic N) is 3. The van der Waals surface area contributed by atoms with Crippen LogP contribution in [0.3, 0.4) is 0 Å². The van der Waals surface area contributed by atoms with Crippen molar-refractivity contribution in [1.29, 1.82) is 0 Å². The van der Waals surface area contributed by atoms with Crippen molar-refractivity contribution in [2.45, 2.75) is 120 Å². The van der Waals surface area contributed by atoms with E-state index in [1.165, 1.54) is 4.90 Å². The molecule has 7 unspecified atom stereocenters. The van der Waals surface area contributed by atoms with E-state index in [0.717, 1.165) is 0 Å². The highest BCUT2D eigenvalue weighted by atomic mass is 32.2. The molecule has 1 aromatic heterocycles. The summed E-state index contributed by atoms with van der Waals surface area (Å²) < 4.78 is 85.8. The molecule has 6 rings (SSSR count). The van der Waals surface area contributed by atoms with Gasteiger partial charge in [0.1, 0.15) is 23.7 Å². The third-order valence-electron chi connectivity index (χ3n) is 11.1. The minimum Gasteiger partial charge on any atom is -0.476 e. The maximum absolute atomic E-state index is 14.7. The quantitative estimate of drug-likeness (QED) is 0.305. The zero-order valence-corrected chi connectivity index (χ0v) is 33.2. The zero-order valence-electron chi connectivity index (χ0n) is 32.4. The maximum atomic E-state index is 14.7. The van der Waals surface area contributed by atoms with Gasteiger partial charge in [-0.3, -0.25) is 19.1 Å². The number of sulfonamides is 1. The van der Waals surface area contributed by atoms with Gasteiger partial charge in [-0.05, 0) is 83.3 Å². The molecule has 0 bridgehead atoms. The average molecular weight is 823 g/mol. The van der Waals surface area contributed by atoms with Crippen LogP contribution in [0.15, 0.2) is 36.4 Å². The second-order valence-corrected chi connectivity index (χ2v) is 18.0. The van der Waals surface area contributed by atoms with Crippen molar-refractivity contribution in [1.82, 2.24) is 30.5 Å². The Morgan fingerprint density at radius 3 is 2.35 bits per heavy atom. The van der Waals surface area contributed by atoms with Crippen LogP contribution in [0.2, 0.25) is 0 Å². The number of hydrogen-bond acceptors (Lipinski definition) is 11. The van der Waals surface area contributed by atoms with E-state index in [-0.39, 0.29) is 37.1 Å². The molecule has 0 spiro atoms. The van der Waals surface area contributed by atoms with Gasteiger partial charge in [0.2, 0.25) is 39.2 Å². The van der Waals surface area contributed by atoms with Crippen LogP contribution >= 0.6 is 0 Å². The van der Waals surface area contributed by atoms with Crippen molar-refractivity contribution >= 4 is 44.6 Å². The fourth-order valence-corrected chi connectivity index (χ4v) is 8.85. The molecule has 4 aliphatic rings. The Labute approximate surface area is 328 Å². The standard InChI is InChI=1S/C38H49F3N6O9S/c1-6-54-31-26-13-9-10-14-27(26)32(45-44-31)55-24-18-28-30(48)43-37(34(50)46-57(52,53)25-15-16-25)19-23(37)12-8-7-11-21(2)17-22(3)29(33(49)47(28)20-24)42-35(51)56-36(4,5)38(39,40)41/h8-10,12-14,21-25,28-29H,6-7,11,15-20H2,1-5H3,(H,42,51)(H,43,48)(H,46,50). The summed E-state index contributed by atoms with van der Waals surface area (Å²) in [6.07, 6.45) is -1.36. The minimum atomic E-state index is -4.92. The number of ether oxygens (including phenoxy) is 3. The number of rotatable bonds is 9. The van der Waals surface area contributed by atoms with Crippen LogP contribution in [0.25, 0.3) is 10.8 Å². The lowest BCUT2D eigenvalue weighted by molar-refractivity contribution is -0.244. The summed E-state index contributed by atoms with van der Waals surface area (Å²) in [6.45, 7) is 6.87. The van der Waals surface area contributed by atoms with Crippen LogP contribution in [0.4, 0.5) is 18.0 Å². The minimum absolute atomic E-state index is 0.0396. The van der Waals surface area contributed by atoms with Gasteiger partial charge < -0.3 is 29.7 Å². The van der Waals surface area contributed by atoms with Gasteiger partial charge in [-0.25, -0.2) is 13.2 Å². The van der Waals surface area contributed by atoms with E-state index in [1.807, 2.05) is 13.0 Å². The van der Waals surface area contributed by atoms with Crippen molar-refractivity contribution in [3.63, 3.8) is 0 Å². The predicted octanol–water partition coefficient (Wildman–Crippen LogP) is 4.31. The number of alkyl halides is 3. The molecule has 312 valence electrons. The van der Waals surface area contributed by atoms with Crippen LogP contribution in [-0.2, 0) is 29.1 Å². The molecule has 3 fully saturated rings. The van der Waals surface area contributed by atoms with Crippen molar-refractivity contribution in [3.05, 3.63) is 36.4 Å². The molecule has 4 amide bonds. The number of aromatic nitrogens is 2. The smallest absolute Gasteiger partial charge is 0.427 e. The lowest BCUT2D eigenvalue weighted by atomic mass is 9.88. The SMILES string of the molecule is CCOc1nnc(OC2CC3C(=O)NC4(C(=O)NS(=O)(=O)C5CC5)CC4C=CCCC(C)CC(C)C(NC(=O)OC(C)(C)C(F)(F)F)C(=O)N3C2)c2ccccc12. The highest BCUT2D eigenvalue weighted by Crippen LogP contribution is 2.46. The average Bonchev–Trinajstić information content (AvgIpc) is 4.06. The van der Waals surface area contributed by atoms with Gasteiger partial charge >= 0.3 is 12.3 Å². The Morgan fingerprint density at radius 2 is 1.70 bits per heavy atom. The molecular weight excluding hydrogens is 774 g/mol. The molecule has 2 aliphatic heterocycles. The number of nitrogens with one attached hydrogen (secondary N) is 3. The second-order valence-electron chi connectivity index (χ2n) is 16.1. The van der Waals surface area contributed by atoms with Crippen LogP contribution in [-0.4, -0.2) is 101 Å². The van der Waals surface area contributed by atoms with E-state index in [4.69, 9.17) is 14.2 Å². The molecular formula is C38H49F3N6O9S. The van der Waals surface area contributed by atoms with Gasteiger partial charge in [0.15, 0.2) is 0 Å². The highest BCUT2D eigenvalue weighted by molar-refractivity contribution is 7.91. The van der Waals surface area contributed by atoms with Gasteiger partial charge in [-0.2, -0.15) is 13.2 Å². The number of carbonyl (C=O) groups is 4. The molecule has 15 nitrogen and oxygen atoms in total. The van der Waals surface area contributed by atoms with E-state index in [2.05, 4.69) is 25.6 Å². The first-order valence-corrected chi connectivity index (χ1v) is 20.8. The fraction of sp³-hybridized carbons (Fsp3) is 0.632. The van der Waals surface area contributed by atoms with Gasteiger partial charge in [0.05, 0.1) is 29.2 Å². The molecule has 1 aromatic carbocycles. The number of alkyl carbamates (subject to hydrolysis) is 1. The summed E-state index contributed by atoms with van der Waals surface area (Å²) in [6, 6.07) is 4.27. The fourth-order valence-electron chi connectivity index (χ4n) is 7.49. The van der Waals surface area contributed by atoms with E-state index < -0.39 is 86.4 Å². The van der Waals surface area contributed by atoms with Crippen molar-refractivity contribution in [3.8, 4) is 11.8 Å². The van der Waals surface area contributed by atoms with Gasteiger partial charge in [-0.1, -0.05) is 38.1 Å². The number of amides is 4. The Balaban J connectivity index is 1.35. The monoisotopic (exact) mass is 822 g/mol. The Bertz CT molecular complexity index is 2030. The Hall–Kier alpha value is -4.68. The molecule has 2 saturated carbocycles. The third-order valence-corrected chi connectivity index (χ3v) is 12.9. The molecule has 2 aliphatic carbocycles. The van der Waals surface area contributed by atoms with E-state index >= 15 is 0 Å². The van der Waals surface area contributed by atoms with Crippen LogP contribution < -0.4 is 24.8 Å². The number of allylic oxidation sites excluding steroid dienone is 1. The first kappa shape index (κ1) is 41.9. The number of hydrogen-bond donors (Lipinski definition) is 3. The Kier molecular flexibility index (Phi) is 11.7. The predicted molar refractivity (Wildman–Crippen MR) is 199 cm³/mol. The first-order chi connectivity index (χ1) is 26.8. The first-order valence-electron chi connectivity index (χ1n) is 19.2. The topological polar surface area (TPSA) is 195 Å². The van der Waals surface area contributed by atoms with Crippen LogP contribution in [0.5, 0.6) is 11.8 Å². The number of halogens is 3. The molecule has 7 atom stereocenters. The van der Waals surface area contributed by atoms with Crippen molar-refractivity contribution in [2.75, 3.05) is 13.2 Å².